The van der Waals surface area contributed by atoms with Crippen molar-refractivity contribution >= 4 is 11.7 Å². The van der Waals surface area contributed by atoms with Gasteiger partial charge in [-0.05, 0) is 18.1 Å². The number of nitrogens with zero attached hydrogens (tertiary/aromatic N) is 2. The predicted octanol–water partition coefficient (Wildman–Crippen LogP) is 0.743. The number of aromatic nitrogens is 2. The first-order chi connectivity index (χ1) is 10.2. The number of methoxy groups -OCH3 is 1. The molecule has 2 aromatic rings. The molecule has 7 heteroatoms. The van der Waals surface area contributed by atoms with Crippen LogP contribution >= 0.6 is 0 Å². The van der Waals surface area contributed by atoms with E-state index in [-0.39, 0.29) is 11.6 Å². The zero-order valence-electron chi connectivity index (χ0n) is 11.7. The Morgan fingerprint density at radius 3 is 2.76 bits per heavy atom. The van der Waals surface area contributed by atoms with Gasteiger partial charge in [-0.25, -0.2) is 15.8 Å². The number of carbonyl (C=O) groups excluding carboxylic acids is 1. The Labute approximate surface area is 122 Å². The molecule has 0 saturated carbocycles. The second-order valence-corrected chi connectivity index (χ2v) is 4.25. The van der Waals surface area contributed by atoms with Crippen LogP contribution in [0.25, 0.3) is 0 Å². The van der Waals surface area contributed by atoms with Crippen LogP contribution in [0.1, 0.15) is 16.1 Å². The van der Waals surface area contributed by atoms with E-state index in [2.05, 4.69) is 20.7 Å². The second-order valence-electron chi connectivity index (χ2n) is 4.25. The molecule has 0 aliphatic carbocycles. The Morgan fingerprint density at radius 1 is 1.29 bits per heavy atom. The van der Waals surface area contributed by atoms with Crippen LogP contribution in [0.2, 0.25) is 0 Å². The highest BCUT2D eigenvalue weighted by atomic mass is 16.5. The number of hydrogen-bond donors (Lipinski definition) is 3. The highest BCUT2D eigenvalue weighted by molar-refractivity contribution is 5.91. The summed E-state index contributed by atoms with van der Waals surface area (Å²) in [6.07, 6.45) is 3.44. The number of amides is 1. The van der Waals surface area contributed by atoms with Gasteiger partial charge in [0.05, 0.1) is 19.5 Å². The minimum absolute atomic E-state index is 0.244. The Hall–Kier alpha value is -2.67. The molecule has 110 valence electrons. The maximum Gasteiger partial charge on any atom is 0.271 e. The van der Waals surface area contributed by atoms with Crippen LogP contribution in [0.5, 0.6) is 5.75 Å². The van der Waals surface area contributed by atoms with E-state index in [1.54, 1.807) is 7.11 Å². The molecule has 0 radical (unpaired) electrons. The minimum atomic E-state index is -0.277. The summed E-state index contributed by atoms with van der Waals surface area (Å²) in [5.41, 5.74) is 3.63. The van der Waals surface area contributed by atoms with Gasteiger partial charge in [0.1, 0.15) is 11.4 Å². The van der Waals surface area contributed by atoms with Crippen molar-refractivity contribution in [2.75, 3.05) is 19.1 Å². The number of nitrogens with two attached hydrogens (primary N) is 1. The van der Waals surface area contributed by atoms with Crippen LogP contribution < -0.4 is 21.3 Å². The second kappa shape index (κ2) is 7.20. The number of carbonyl (C=O) groups is 1. The molecule has 1 heterocycles. The third-order valence-electron chi connectivity index (χ3n) is 2.90. The van der Waals surface area contributed by atoms with E-state index in [9.17, 15) is 4.79 Å². The van der Waals surface area contributed by atoms with Crippen molar-refractivity contribution in [1.82, 2.24) is 15.3 Å². The van der Waals surface area contributed by atoms with Gasteiger partial charge in [-0.15, -0.1) is 0 Å². The van der Waals surface area contributed by atoms with Gasteiger partial charge >= 0.3 is 0 Å². The molecule has 0 atom stereocenters. The number of anilines is 1. The molecule has 7 nitrogen and oxygen atoms in total. The number of rotatable bonds is 6. The molecule has 0 aliphatic heterocycles. The molecule has 0 bridgehead atoms. The van der Waals surface area contributed by atoms with Crippen molar-refractivity contribution in [3.05, 3.63) is 47.9 Å². The summed E-state index contributed by atoms with van der Waals surface area (Å²) in [6.45, 7) is 0.484. The lowest BCUT2D eigenvalue weighted by Gasteiger charge is -2.09. The van der Waals surface area contributed by atoms with Gasteiger partial charge in [-0.3, -0.25) is 4.79 Å². The first kappa shape index (κ1) is 14.7. The van der Waals surface area contributed by atoms with Crippen molar-refractivity contribution in [2.45, 2.75) is 6.42 Å². The zero-order chi connectivity index (χ0) is 15.1. The van der Waals surface area contributed by atoms with Crippen molar-refractivity contribution in [2.24, 2.45) is 5.84 Å². The Bertz CT molecular complexity index is 601. The van der Waals surface area contributed by atoms with E-state index in [0.717, 1.165) is 11.3 Å². The quantitative estimate of drug-likeness (QED) is 0.535. The third-order valence-corrected chi connectivity index (χ3v) is 2.90. The van der Waals surface area contributed by atoms with E-state index in [1.165, 1.54) is 12.4 Å². The Morgan fingerprint density at radius 2 is 2.10 bits per heavy atom. The Balaban J connectivity index is 1.89. The number of hydrogen-bond acceptors (Lipinski definition) is 6. The molecule has 0 aliphatic rings. The van der Waals surface area contributed by atoms with Gasteiger partial charge in [0.15, 0.2) is 5.82 Å². The lowest BCUT2D eigenvalue weighted by molar-refractivity contribution is 0.0948. The van der Waals surface area contributed by atoms with Crippen molar-refractivity contribution in [1.29, 1.82) is 0 Å². The van der Waals surface area contributed by atoms with Crippen LogP contribution in [0, 0.1) is 0 Å². The molecular weight excluding hydrogens is 270 g/mol. The highest BCUT2D eigenvalue weighted by Crippen LogP contribution is 2.17. The first-order valence-corrected chi connectivity index (χ1v) is 6.43. The summed E-state index contributed by atoms with van der Waals surface area (Å²) in [6, 6.07) is 7.70. The van der Waals surface area contributed by atoms with E-state index < -0.39 is 0 Å². The molecular formula is C14H17N5O2. The van der Waals surface area contributed by atoms with Crippen LogP contribution in [-0.4, -0.2) is 29.5 Å². The molecule has 4 N–H and O–H groups in total. The molecule has 0 fully saturated rings. The van der Waals surface area contributed by atoms with Crippen molar-refractivity contribution in [3.8, 4) is 5.75 Å². The fourth-order valence-corrected chi connectivity index (χ4v) is 1.83. The molecule has 0 saturated heterocycles. The van der Waals surface area contributed by atoms with Gasteiger partial charge in [0.2, 0.25) is 0 Å². The van der Waals surface area contributed by atoms with Gasteiger partial charge < -0.3 is 15.5 Å². The van der Waals surface area contributed by atoms with Crippen molar-refractivity contribution < 1.29 is 9.53 Å². The average molecular weight is 287 g/mol. The summed E-state index contributed by atoms with van der Waals surface area (Å²) >= 11 is 0. The molecule has 1 aromatic carbocycles. The van der Waals surface area contributed by atoms with Gasteiger partial charge in [0.25, 0.3) is 5.91 Å². The van der Waals surface area contributed by atoms with Gasteiger partial charge in [-0.2, -0.15) is 0 Å². The topological polar surface area (TPSA) is 102 Å². The summed E-state index contributed by atoms with van der Waals surface area (Å²) < 4.78 is 5.26. The maximum absolute atomic E-state index is 11.9. The summed E-state index contributed by atoms with van der Waals surface area (Å²) in [5.74, 6) is 6.12. The smallest absolute Gasteiger partial charge is 0.271 e. The van der Waals surface area contributed by atoms with E-state index in [4.69, 9.17) is 10.6 Å². The fourth-order valence-electron chi connectivity index (χ4n) is 1.83. The molecule has 2 rings (SSSR count). The lowest BCUT2D eigenvalue weighted by Crippen LogP contribution is -2.27. The molecule has 1 aromatic heterocycles. The minimum Gasteiger partial charge on any atom is -0.496 e. The number of ether oxygens (including phenoxy) is 1. The summed E-state index contributed by atoms with van der Waals surface area (Å²) in [7, 11) is 1.63. The molecule has 0 spiro atoms. The first-order valence-electron chi connectivity index (χ1n) is 6.43. The Kier molecular flexibility index (Phi) is 5.05. The normalized spacial score (nSPS) is 10.0. The van der Waals surface area contributed by atoms with E-state index in [1.807, 2.05) is 24.3 Å². The van der Waals surface area contributed by atoms with Crippen molar-refractivity contribution in [3.63, 3.8) is 0 Å². The zero-order valence-corrected chi connectivity index (χ0v) is 11.7. The van der Waals surface area contributed by atoms with Crippen LogP contribution in [0.15, 0.2) is 36.7 Å². The standard InChI is InChI=1S/C14H17N5O2/c1-21-12-5-3-2-4-10(12)6-7-16-14(20)11-8-18-13(19-15)9-17-11/h2-5,8-9H,6-7,15H2,1H3,(H,16,20)(H,18,19). The summed E-state index contributed by atoms with van der Waals surface area (Å²) in [4.78, 5) is 19.8. The third kappa shape index (κ3) is 3.90. The number of benzene rings is 1. The van der Waals surface area contributed by atoms with Gasteiger partial charge in [0, 0.05) is 6.54 Å². The maximum atomic E-state index is 11.9. The molecule has 21 heavy (non-hydrogen) atoms. The SMILES string of the molecule is COc1ccccc1CCNC(=O)c1cnc(NN)cn1. The van der Waals surface area contributed by atoms with E-state index >= 15 is 0 Å². The lowest BCUT2D eigenvalue weighted by atomic mass is 10.1. The van der Waals surface area contributed by atoms with Crippen LogP contribution in [0.4, 0.5) is 5.82 Å². The number of nitrogen functional groups attached to an aromatic ring is 1. The highest BCUT2D eigenvalue weighted by Gasteiger charge is 2.08. The fraction of sp³-hybridized carbons (Fsp3) is 0.214. The number of nitrogens with one attached hydrogen (secondary N) is 2. The predicted molar refractivity (Wildman–Crippen MR) is 78.9 cm³/mol. The van der Waals surface area contributed by atoms with E-state index in [0.29, 0.717) is 18.8 Å². The van der Waals surface area contributed by atoms with Gasteiger partial charge in [-0.1, -0.05) is 18.2 Å². The molecule has 1 amide bonds. The summed E-state index contributed by atoms with van der Waals surface area (Å²) in [5, 5.41) is 2.79. The largest absolute Gasteiger partial charge is 0.496 e. The van der Waals surface area contributed by atoms with Crippen LogP contribution in [-0.2, 0) is 6.42 Å². The number of para-hydroxylation sites is 1. The van der Waals surface area contributed by atoms with Crippen LogP contribution in [0.3, 0.4) is 0 Å². The number of hydrazine groups is 1. The molecule has 0 unspecified atom stereocenters. The average Bonchev–Trinajstić information content (AvgIpc) is 2.55. The monoisotopic (exact) mass is 287 g/mol.